The van der Waals surface area contributed by atoms with Gasteiger partial charge in [-0.2, -0.15) is 0 Å². The number of fused-ring (bicyclic) bond motifs is 8. The molecule has 6 aliphatic rings. The summed E-state index contributed by atoms with van der Waals surface area (Å²) in [6, 6.07) is 0. The third-order valence-electron chi connectivity index (χ3n) is 13.4. The van der Waals surface area contributed by atoms with Gasteiger partial charge in [0.05, 0.1) is 0 Å². The Morgan fingerprint density at radius 2 is 1.70 bits per heavy atom. The molecule has 7 rings (SSSR count). The summed E-state index contributed by atoms with van der Waals surface area (Å²) in [5.41, 5.74) is 1.06. The van der Waals surface area contributed by atoms with Crippen molar-refractivity contribution in [3.63, 3.8) is 0 Å². The Kier molecular flexibility index (Phi) is 6.09. The quantitative estimate of drug-likeness (QED) is 0.373. The van der Waals surface area contributed by atoms with Crippen LogP contribution in [0.25, 0.3) is 0 Å². The van der Waals surface area contributed by atoms with E-state index in [2.05, 4.69) is 19.9 Å². The van der Waals surface area contributed by atoms with E-state index in [1.165, 1.54) is 0 Å². The van der Waals surface area contributed by atoms with Crippen molar-refractivity contribution < 1.29 is 29.0 Å². The molecule has 7 heteroatoms. The van der Waals surface area contributed by atoms with E-state index in [4.69, 9.17) is 21.1 Å². The average molecular weight is 607 g/mol. The molecule has 1 aromatic rings. The fraction of sp³-hybridized carbons (Fsp3) is 0.639. The van der Waals surface area contributed by atoms with E-state index in [-0.39, 0.29) is 40.5 Å². The number of carbonyl (C=O) groups is 3. The predicted molar refractivity (Wildman–Crippen MR) is 163 cm³/mol. The highest BCUT2D eigenvalue weighted by Crippen LogP contribution is 2.72. The highest BCUT2D eigenvalue weighted by Gasteiger charge is 2.71. The maximum atomic E-state index is 14.2. The van der Waals surface area contributed by atoms with E-state index in [0.717, 1.165) is 53.5 Å². The van der Waals surface area contributed by atoms with E-state index in [9.17, 15) is 19.5 Å². The van der Waals surface area contributed by atoms with Crippen LogP contribution in [-0.4, -0.2) is 33.8 Å². The van der Waals surface area contributed by atoms with Gasteiger partial charge in [0, 0.05) is 33.8 Å². The lowest BCUT2D eigenvalue weighted by Gasteiger charge is -2.58. The maximum absolute atomic E-state index is 14.2. The molecule has 6 nitrogen and oxygen atoms in total. The van der Waals surface area contributed by atoms with Crippen LogP contribution in [0.3, 0.4) is 0 Å². The maximum Gasteiger partial charge on any atom is 0.351 e. The number of hydrogen-bond acceptors (Lipinski definition) is 6. The molecule has 3 saturated carbocycles. The van der Waals surface area contributed by atoms with E-state index in [1.807, 2.05) is 26.8 Å². The van der Waals surface area contributed by atoms with Crippen molar-refractivity contribution in [1.82, 2.24) is 0 Å². The number of esters is 1. The number of ether oxygens (including phenoxy) is 2. The van der Waals surface area contributed by atoms with Crippen LogP contribution in [0.1, 0.15) is 88.5 Å². The molecule has 43 heavy (non-hydrogen) atoms. The summed E-state index contributed by atoms with van der Waals surface area (Å²) in [7, 11) is 0. The Morgan fingerprint density at radius 3 is 2.40 bits per heavy atom. The van der Waals surface area contributed by atoms with Crippen LogP contribution >= 0.6 is 11.6 Å². The van der Waals surface area contributed by atoms with E-state index in [1.54, 1.807) is 13.8 Å². The summed E-state index contributed by atoms with van der Waals surface area (Å²) in [5.74, 6) is 1.57. The second-order valence-electron chi connectivity index (χ2n) is 15.1. The first-order chi connectivity index (χ1) is 20.1. The molecule has 1 heterocycles. The van der Waals surface area contributed by atoms with Gasteiger partial charge in [0.25, 0.3) is 0 Å². The van der Waals surface area contributed by atoms with Gasteiger partial charge in [-0.1, -0.05) is 31.5 Å². The summed E-state index contributed by atoms with van der Waals surface area (Å²) >= 11 is 6.96. The lowest BCUT2D eigenvalue weighted by molar-refractivity contribution is -0.199. The first-order valence-electron chi connectivity index (χ1n) is 16.0. The highest BCUT2D eigenvalue weighted by atomic mass is 35.5. The highest BCUT2D eigenvalue weighted by molar-refractivity contribution is 6.32. The summed E-state index contributed by atoms with van der Waals surface area (Å²) in [5, 5.41) is 11.3. The number of rotatable bonds is 3. The van der Waals surface area contributed by atoms with Gasteiger partial charge in [-0.05, 0) is 125 Å². The normalized spacial score (nSPS) is 42.2. The Hall–Kier alpha value is -2.60. The van der Waals surface area contributed by atoms with Gasteiger partial charge in [0.15, 0.2) is 17.2 Å². The van der Waals surface area contributed by atoms with E-state index >= 15 is 0 Å². The molecule has 0 spiro atoms. The minimum atomic E-state index is -1.25. The minimum absolute atomic E-state index is 0.111. The summed E-state index contributed by atoms with van der Waals surface area (Å²) in [6.45, 7) is 13.4. The van der Waals surface area contributed by atoms with Crippen molar-refractivity contribution >= 4 is 29.1 Å². The molecule has 5 aliphatic carbocycles. The van der Waals surface area contributed by atoms with Gasteiger partial charge in [-0.15, -0.1) is 0 Å². The van der Waals surface area contributed by atoms with E-state index < -0.39 is 22.6 Å². The molecular formula is C36H43ClO6. The Labute approximate surface area is 259 Å². The third-order valence-corrected chi connectivity index (χ3v) is 13.7. The van der Waals surface area contributed by atoms with Crippen molar-refractivity contribution in [1.29, 1.82) is 0 Å². The van der Waals surface area contributed by atoms with Crippen LogP contribution in [0, 0.1) is 61.2 Å². The van der Waals surface area contributed by atoms with Crippen LogP contribution < -0.4 is 4.74 Å². The predicted octanol–water partition coefficient (Wildman–Crippen LogP) is 7.00. The molecule has 0 bridgehead atoms. The number of phenolic OH excluding ortho intramolecular Hbond substituents is 1. The van der Waals surface area contributed by atoms with Crippen molar-refractivity contribution in [3.8, 4) is 11.5 Å². The zero-order chi connectivity index (χ0) is 31.0. The number of ketones is 2. The van der Waals surface area contributed by atoms with E-state index in [0.29, 0.717) is 41.9 Å². The number of aromatic hydroxyl groups is 1. The Bertz CT molecular complexity index is 1570. The lowest BCUT2D eigenvalue weighted by Crippen LogP contribution is -2.60. The van der Waals surface area contributed by atoms with Crippen LogP contribution in [0.4, 0.5) is 0 Å². The molecule has 1 N–H and O–H groups in total. The fourth-order valence-electron chi connectivity index (χ4n) is 10.4. The molecule has 9 atom stereocenters. The molecule has 7 unspecified atom stereocenters. The number of carbonyl (C=O) groups excluding carboxylic acids is 3. The first-order valence-corrected chi connectivity index (χ1v) is 16.4. The van der Waals surface area contributed by atoms with Gasteiger partial charge < -0.3 is 14.6 Å². The van der Waals surface area contributed by atoms with Gasteiger partial charge >= 0.3 is 5.97 Å². The number of benzene rings is 1. The lowest BCUT2D eigenvalue weighted by atomic mass is 9.47. The monoisotopic (exact) mass is 606 g/mol. The fourth-order valence-corrected chi connectivity index (χ4v) is 10.8. The van der Waals surface area contributed by atoms with Crippen molar-refractivity contribution in [2.75, 3.05) is 0 Å². The molecule has 1 aromatic carbocycles. The first kappa shape index (κ1) is 29.1. The third kappa shape index (κ3) is 3.56. The SMILES string of the molecule is CC(=O)[C@@]1(OC(=O)C2(C)CCc3c(C)c(O)c(C)c(C)c3O2)CCC2C3C=C(Cl)C4=CC(=O)C5C[C@@H]5C4(C)C3CCC21C. The van der Waals surface area contributed by atoms with Crippen LogP contribution in [-0.2, 0) is 25.5 Å². The van der Waals surface area contributed by atoms with Gasteiger partial charge in [0.1, 0.15) is 11.5 Å². The number of phenols is 1. The minimum Gasteiger partial charge on any atom is -0.507 e. The zero-order valence-electron chi connectivity index (χ0n) is 26.4. The van der Waals surface area contributed by atoms with Gasteiger partial charge in [-0.25, -0.2) is 4.79 Å². The molecular weight excluding hydrogens is 564 g/mol. The largest absolute Gasteiger partial charge is 0.507 e. The summed E-state index contributed by atoms with van der Waals surface area (Å²) in [6.07, 6.45) is 8.76. The van der Waals surface area contributed by atoms with Gasteiger partial charge in [-0.3, -0.25) is 9.59 Å². The molecule has 0 amide bonds. The molecule has 0 saturated heterocycles. The topological polar surface area (TPSA) is 89.9 Å². The number of halogens is 1. The molecule has 1 aliphatic heterocycles. The average Bonchev–Trinajstić information content (AvgIpc) is 3.72. The van der Waals surface area contributed by atoms with Crippen LogP contribution in [0.15, 0.2) is 22.8 Å². The summed E-state index contributed by atoms with van der Waals surface area (Å²) in [4.78, 5) is 40.6. The van der Waals surface area contributed by atoms with Crippen LogP contribution in [0.2, 0.25) is 0 Å². The number of Topliss-reactive ketones (excluding diaryl/α,β-unsaturated/α-hetero) is 1. The molecule has 0 radical (unpaired) electrons. The Morgan fingerprint density at radius 1 is 1.00 bits per heavy atom. The number of hydrogen-bond donors (Lipinski definition) is 1. The Balaban J connectivity index is 1.21. The van der Waals surface area contributed by atoms with Crippen LogP contribution in [0.5, 0.6) is 11.5 Å². The van der Waals surface area contributed by atoms with Crippen molar-refractivity contribution in [3.05, 3.63) is 45.0 Å². The second kappa shape index (κ2) is 8.99. The van der Waals surface area contributed by atoms with Gasteiger partial charge in [0.2, 0.25) is 5.60 Å². The molecule has 230 valence electrons. The smallest absolute Gasteiger partial charge is 0.351 e. The zero-order valence-corrected chi connectivity index (χ0v) is 27.1. The molecule has 3 fully saturated rings. The van der Waals surface area contributed by atoms with Crippen molar-refractivity contribution in [2.45, 2.75) is 105 Å². The molecule has 0 aromatic heterocycles. The van der Waals surface area contributed by atoms with Crippen molar-refractivity contribution in [2.24, 2.45) is 40.4 Å². The number of allylic oxidation sites excluding steroid dienone is 4. The standard InChI is InChI=1S/C36H43ClO6/c1-17-18(2)31-21(19(3)30(17)40)8-12-34(6,42-31)32(41)43-36(20(4)38)13-10-24-22-15-28(37)27-16-29(39)23-14-26(23)35(27,7)25(22)9-11-33(24,36)5/h15-16,22-26,40H,8-14H2,1-7H3/t22?,23?,24?,25?,26-,33?,34?,35?,36-/m0/s1. The second-order valence-corrected chi connectivity index (χ2v) is 15.5. The summed E-state index contributed by atoms with van der Waals surface area (Å²) < 4.78 is 13.0.